The van der Waals surface area contributed by atoms with Crippen LogP contribution < -0.4 is 5.32 Å². The van der Waals surface area contributed by atoms with Gasteiger partial charge in [0.1, 0.15) is 12.2 Å². The Bertz CT molecular complexity index is 1050. The number of fused-ring (bicyclic) bond motifs is 1. The number of nitrogens with zero attached hydrogens (tertiary/aromatic N) is 4. The lowest BCUT2D eigenvalue weighted by Gasteiger charge is -2.54. The van der Waals surface area contributed by atoms with Crippen LogP contribution in [-0.4, -0.2) is 76.6 Å². The number of amides is 4. The van der Waals surface area contributed by atoms with Gasteiger partial charge in [0.2, 0.25) is 11.8 Å². The molecule has 0 saturated carbocycles. The van der Waals surface area contributed by atoms with E-state index in [-0.39, 0.29) is 24.4 Å². The molecule has 198 valence electrons. The number of likely N-dealkylation sites (N-methyl/N-ethyl adjacent to an activating group) is 1. The van der Waals surface area contributed by atoms with Crippen molar-refractivity contribution in [3.05, 3.63) is 71.8 Å². The van der Waals surface area contributed by atoms with Crippen LogP contribution in [0.2, 0.25) is 0 Å². The molecular formula is C29H39N5O3. The fraction of sp³-hybridized carbons (Fsp3) is 0.483. The highest BCUT2D eigenvalue weighted by Crippen LogP contribution is 2.28. The fourth-order valence-corrected chi connectivity index (χ4v) is 5.31. The number of carbonyl (C=O) groups is 3. The molecule has 0 bridgehead atoms. The smallest absolute Gasteiger partial charge is 0.334 e. The lowest BCUT2D eigenvalue weighted by molar-refractivity contribution is -0.187. The molecule has 2 heterocycles. The van der Waals surface area contributed by atoms with E-state index in [1.807, 2.05) is 53.4 Å². The van der Waals surface area contributed by atoms with Crippen molar-refractivity contribution in [3.63, 3.8) is 0 Å². The molecule has 0 radical (unpaired) electrons. The van der Waals surface area contributed by atoms with Gasteiger partial charge in [-0.15, -0.1) is 0 Å². The Kier molecular flexibility index (Phi) is 9.17. The number of nitrogens with one attached hydrogen (secondary N) is 1. The van der Waals surface area contributed by atoms with Crippen molar-refractivity contribution in [2.24, 2.45) is 0 Å². The molecule has 1 N–H and O–H groups in total. The number of aryl methyl sites for hydroxylation is 1. The Labute approximate surface area is 220 Å². The molecule has 4 rings (SSSR count). The first kappa shape index (κ1) is 26.7. The Balaban J connectivity index is 1.47. The summed E-state index contributed by atoms with van der Waals surface area (Å²) in [4.78, 5) is 43.7. The maximum atomic E-state index is 13.6. The first-order valence-electron chi connectivity index (χ1n) is 13.5. The lowest BCUT2D eigenvalue weighted by Crippen LogP contribution is -2.75. The highest BCUT2D eigenvalue weighted by atomic mass is 16.2. The molecule has 2 atom stereocenters. The van der Waals surface area contributed by atoms with Gasteiger partial charge in [-0.25, -0.2) is 14.8 Å². The van der Waals surface area contributed by atoms with Crippen LogP contribution in [0.25, 0.3) is 0 Å². The van der Waals surface area contributed by atoms with Crippen molar-refractivity contribution in [1.29, 1.82) is 0 Å². The lowest BCUT2D eigenvalue weighted by atomic mass is 10.0. The molecule has 0 spiro atoms. The van der Waals surface area contributed by atoms with Gasteiger partial charge >= 0.3 is 6.03 Å². The maximum Gasteiger partial charge on any atom is 0.334 e. The molecule has 2 fully saturated rings. The normalized spacial score (nSPS) is 20.2. The van der Waals surface area contributed by atoms with E-state index >= 15 is 0 Å². The van der Waals surface area contributed by atoms with Gasteiger partial charge in [-0.05, 0) is 36.8 Å². The molecule has 2 aliphatic heterocycles. The molecule has 37 heavy (non-hydrogen) atoms. The SMILES string of the molecule is CCCC[C@H]1C(=O)N(CCCCc2ccccc2)C[C@H]2N1C(=O)CN(C)N2C(=O)NCc1ccccc1. The third kappa shape index (κ3) is 6.49. The van der Waals surface area contributed by atoms with Crippen LogP contribution in [0.5, 0.6) is 0 Å². The van der Waals surface area contributed by atoms with Crippen LogP contribution in [0.3, 0.4) is 0 Å². The zero-order valence-corrected chi connectivity index (χ0v) is 22.0. The van der Waals surface area contributed by atoms with Crippen LogP contribution in [-0.2, 0) is 22.6 Å². The van der Waals surface area contributed by atoms with E-state index in [0.717, 1.165) is 37.7 Å². The molecule has 0 aromatic heterocycles. The molecule has 0 aliphatic carbocycles. The van der Waals surface area contributed by atoms with Crippen molar-refractivity contribution in [3.8, 4) is 0 Å². The summed E-state index contributed by atoms with van der Waals surface area (Å²) in [5.74, 6) is -0.0928. The molecule has 2 aromatic carbocycles. The van der Waals surface area contributed by atoms with E-state index < -0.39 is 12.2 Å². The van der Waals surface area contributed by atoms with Gasteiger partial charge in [-0.1, -0.05) is 80.4 Å². The fourth-order valence-electron chi connectivity index (χ4n) is 5.31. The Morgan fingerprint density at radius 3 is 2.30 bits per heavy atom. The van der Waals surface area contributed by atoms with Crippen LogP contribution in [0, 0.1) is 0 Å². The molecule has 8 nitrogen and oxygen atoms in total. The van der Waals surface area contributed by atoms with Crippen LogP contribution >= 0.6 is 0 Å². The van der Waals surface area contributed by atoms with Gasteiger partial charge in [0.15, 0.2) is 0 Å². The van der Waals surface area contributed by atoms with Crippen LogP contribution in [0.4, 0.5) is 4.79 Å². The first-order chi connectivity index (χ1) is 18.0. The van der Waals surface area contributed by atoms with E-state index in [0.29, 0.717) is 26.1 Å². The minimum atomic E-state index is -0.529. The number of urea groups is 1. The van der Waals surface area contributed by atoms with E-state index in [9.17, 15) is 14.4 Å². The second-order valence-corrected chi connectivity index (χ2v) is 9.97. The summed E-state index contributed by atoms with van der Waals surface area (Å²) in [5.41, 5.74) is 2.29. The summed E-state index contributed by atoms with van der Waals surface area (Å²) < 4.78 is 0. The summed E-state index contributed by atoms with van der Waals surface area (Å²) in [6, 6.07) is 19.3. The van der Waals surface area contributed by atoms with Crippen molar-refractivity contribution in [2.75, 3.05) is 26.7 Å². The number of unbranched alkanes of at least 4 members (excludes halogenated alkanes) is 2. The highest BCUT2D eigenvalue weighted by Gasteiger charge is 2.50. The summed E-state index contributed by atoms with van der Waals surface area (Å²) in [6.45, 7) is 3.49. The number of hydrogen-bond donors (Lipinski definition) is 1. The predicted molar refractivity (Wildman–Crippen MR) is 143 cm³/mol. The van der Waals surface area contributed by atoms with Crippen LogP contribution in [0.15, 0.2) is 60.7 Å². The second kappa shape index (κ2) is 12.7. The predicted octanol–water partition coefficient (Wildman–Crippen LogP) is 3.64. The van der Waals surface area contributed by atoms with Gasteiger partial charge in [0, 0.05) is 20.1 Å². The second-order valence-electron chi connectivity index (χ2n) is 9.97. The summed E-state index contributed by atoms with van der Waals surface area (Å²) >= 11 is 0. The van der Waals surface area contributed by atoms with Gasteiger partial charge in [0.25, 0.3) is 0 Å². The molecule has 4 amide bonds. The number of benzene rings is 2. The average Bonchev–Trinajstić information content (AvgIpc) is 2.91. The summed E-state index contributed by atoms with van der Waals surface area (Å²) in [5, 5.41) is 6.32. The number of hydrogen-bond acceptors (Lipinski definition) is 4. The number of rotatable bonds is 10. The van der Waals surface area contributed by atoms with Gasteiger partial charge in [0.05, 0.1) is 13.1 Å². The van der Waals surface area contributed by atoms with Crippen molar-refractivity contribution in [1.82, 2.24) is 25.1 Å². The Morgan fingerprint density at radius 2 is 1.62 bits per heavy atom. The average molecular weight is 506 g/mol. The van der Waals surface area contributed by atoms with Crippen LogP contribution in [0.1, 0.15) is 50.2 Å². The Hall–Kier alpha value is -3.39. The number of piperazine rings is 1. The molecule has 2 aliphatic rings. The van der Waals surface area contributed by atoms with Crippen molar-refractivity contribution < 1.29 is 14.4 Å². The van der Waals surface area contributed by atoms with E-state index in [1.165, 1.54) is 5.56 Å². The number of carbonyl (C=O) groups excluding carboxylic acids is 3. The largest absolute Gasteiger partial charge is 0.337 e. The third-order valence-electron chi connectivity index (χ3n) is 7.25. The zero-order valence-electron chi connectivity index (χ0n) is 22.0. The summed E-state index contributed by atoms with van der Waals surface area (Å²) in [6.07, 6.45) is 4.70. The van der Waals surface area contributed by atoms with E-state index in [4.69, 9.17) is 0 Å². The quantitative estimate of drug-likeness (QED) is 0.501. The Morgan fingerprint density at radius 1 is 0.946 bits per heavy atom. The van der Waals surface area contributed by atoms with Crippen molar-refractivity contribution in [2.45, 2.75) is 64.2 Å². The first-order valence-corrected chi connectivity index (χ1v) is 13.5. The summed E-state index contributed by atoms with van der Waals surface area (Å²) in [7, 11) is 1.76. The van der Waals surface area contributed by atoms with Gasteiger partial charge in [-0.3, -0.25) is 9.59 Å². The monoisotopic (exact) mass is 505 g/mol. The minimum absolute atomic E-state index is 0.00644. The topological polar surface area (TPSA) is 76.2 Å². The van der Waals surface area contributed by atoms with Gasteiger partial charge < -0.3 is 15.1 Å². The molecule has 0 unspecified atom stereocenters. The van der Waals surface area contributed by atoms with E-state index in [1.54, 1.807) is 22.0 Å². The molecular weight excluding hydrogens is 466 g/mol. The standard InChI is InChI=1S/C29H39N5O3/c1-3-4-18-25-28(36)32(19-12-11-15-23-13-7-5-8-14-23)21-26-33(25)27(35)22-31(2)34(26)29(37)30-20-24-16-9-6-10-17-24/h5-10,13-14,16-17,25-26H,3-4,11-12,15,18-22H2,1-2H3,(H,30,37)/t25-,26-/m0/s1. The molecule has 2 aromatic rings. The number of hydrazine groups is 1. The molecule has 2 saturated heterocycles. The van der Waals surface area contributed by atoms with Crippen molar-refractivity contribution >= 4 is 17.8 Å². The van der Waals surface area contributed by atoms with E-state index in [2.05, 4.69) is 24.4 Å². The zero-order chi connectivity index (χ0) is 26.2. The highest BCUT2D eigenvalue weighted by molar-refractivity contribution is 5.91. The maximum absolute atomic E-state index is 13.6. The van der Waals surface area contributed by atoms with Gasteiger partial charge in [-0.2, -0.15) is 0 Å². The minimum Gasteiger partial charge on any atom is -0.337 e. The molecule has 8 heteroatoms. The third-order valence-corrected chi connectivity index (χ3v) is 7.25.